The van der Waals surface area contributed by atoms with Crippen LogP contribution in [0.25, 0.3) is 0 Å². The van der Waals surface area contributed by atoms with Crippen LogP contribution in [-0.4, -0.2) is 25.8 Å². The Morgan fingerprint density at radius 2 is 2.19 bits per heavy atom. The van der Waals surface area contributed by atoms with Gasteiger partial charge in [0.2, 0.25) is 0 Å². The molecule has 1 aromatic rings. The van der Waals surface area contributed by atoms with E-state index in [1.807, 2.05) is 0 Å². The van der Waals surface area contributed by atoms with Crippen LogP contribution in [0.4, 0.5) is 5.82 Å². The molecule has 7 nitrogen and oxygen atoms in total. The summed E-state index contributed by atoms with van der Waals surface area (Å²) in [5, 5.41) is 23.2. The lowest BCUT2D eigenvalue weighted by Crippen LogP contribution is -2.05. The van der Waals surface area contributed by atoms with Crippen molar-refractivity contribution in [2.75, 3.05) is 0 Å². The van der Waals surface area contributed by atoms with Crippen LogP contribution in [0.3, 0.4) is 0 Å². The van der Waals surface area contributed by atoms with Gasteiger partial charge in [0.05, 0.1) is 17.3 Å². The van der Waals surface area contributed by atoms with Crippen molar-refractivity contribution in [1.82, 2.24) is 9.78 Å². The molecule has 0 amide bonds. The Kier molecular flexibility index (Phi) is 2.59. The highest BCUT2D eigenvalue weighted by Crippen LogP contribution is 2.30. The minimum Gasteiger partial charge on any atom is -0.477 e. The van der Waals surface area contributed by atoms with Crippen molar-refractivity contribution >= 4 is 11.8 Å². The van der Waals surface area contributed by atoms with Crippen molar-refractivity contribution < 1.29 is 14.8 Å². The minimum atomic E-state index is -1.31. The van der Waals surface area contributed by atoms with Gasteiger partial charge in [0.15, 0.2) is 5.56 Å². The van der Waals surface area contributed by atoms with Gasteiger partial charge in [-0.3, -0.25) is 0 Å². The quantitative estimate of drug-likeness (QED) is 0.622. The number of nitro groups is 1. The summed E-state index contributed by atoms with van der Waals surface area (Å²) in [5.74, 6) is -1.88. The maximum atomic E-state index is 10.8. The maximum absolute atomic E-state index is 10.8. The molecule has 86 valence electrons. The van der Waals surface area contributed by atoms with Crippen molar-refractivity contribution in [3.8, 4) is 0 Å². The lowest BCUT2D eigenvalue weighted by atomic mass is 10.2. The summed E-state index contributed by atoms with van der Waals surface area (Å²) in [7, 11) is 0. The van der Waals surface area contributed by atoms with Crippen LogP contribution >= 0.6 is 0 Å². The molecule has 1 aliphatic carbocycles. The first-order valence-electron chi connectivity index (χ1n) is 5.06. The Hall–Kier alpha value is -1.92. The van der Waals surface area contributed by atoms with Crippen LogP contribution in [0.1, 0.15) is 42.1 Å². The van der Waals surface area contributed by atoms with Crippen LogP contribution in [0.2, 0.25) is 0 Å². The fourth-order valence-corrected chi connectivity index (χ4v) is 2.02. The molecule has 0 spiro atoms. The number of carbonyl (C=O) groups is 1. The molecule has 0 saturated heterocycles. The summed E-state index contributed by atoms with van der Waals surface area (Å²) >= 11 is 0. The number of carboxylic acid groups (broad SMARTS) is 1. The van der Waals surface area contributed by atoms with Crippen LogP contribution in [0.5, 0.6) is 0 Å². The van der Waals surface area contributed by atoms with Gasteiger partial charge in [-0.2, -0.15) is 4.68 Å². The Morgan fingerprint density at radius 3 is 2.62 bits per heavy atom. The molecule has 1 N–H and O–H groups in total. The summed E-state index contributed by atoms with van der Waals surface area (Å²) in [4.78, 5) is 20.7. The van der Waals surface area contributed by atoms with E-state index in [0.29, 0.717) is 0 Å². The number of hydrogen-bond acceptors (Lipinski definition) is 4. The highest BCUT2D eigenvalue weighted by molar-refractivity contribution is 5.91. The first kappa shape index (κ1) is 10.6. The summed E-state index contributed by atoms with van der Waals surface area (Å²) in [6.07, 6.45) is 5.17. The van der Waals surface area contributed by atoms with Gasteiger partial charge in [-0.25, -0.2) is 4.79 Å². The van der Waals surface area contributed by atoms with Crippen molar-refractivity contribution in [2.45, 2.75) is 31.7 Å². The van der Waals surface area contributed by atoms with Crippen LogP contribution in [-0.2, 0) is 0 Å². The molecule has 1 heterocycles. The molecule has 1 saturated carbocycles. The van der Waals surface area contributed by atoms with E-state index in [0.717, 1.165) is 25.7 Å². The first-order valence-corrected chi connectivity index (χ1v) is 5.06. The lowest BCUT2D eigenvalue weighted by Gasteiger charge is -2.03. The number of hydrogen-bond donors (Lipinski definition) is 1. The lowest BCUT2D eigenvalue weighted by molar-refractivity contribution is -0.390. The summed E-state index contributed by atoms with van der Waals surface area (Å²) in [6.45, 7) is 0. The van der Waals surface area contributed by atoms with Crippen LogP contribution < -0.4 is 0 Å². The third kappa shape index (κ3) is 1.75. The second-order valence-electron chi connectivity index (χ2n) is 3.85. The van der Waals surface area contributed by atoms with Crippen molar-refractivity contribution in [3.63, 3.8) is 0 Å². The van der Waals surface area contributed by atoms with E-state index in [-0.39, 0.29) is 11.6 Å². The molecule has 0 atom stereocenters. The molecule has 0 bridgehead atoms. The van der Waals surface area contributed by atoms with Crippen LogP contribution in [0.15, 0.2) is 6.20 Å². The number of rotatable bonds is 3. The van der Waals surface area contributed by atoms with Gasteiger partial charge in [0, 0.05) is 0 Å². The van der Waals surface area contributed by atoms with Gasteiger partial charge >= 0.3 is 11.8 Å². The van der Waals surface area contributed by atoms with Crippen molar-refractivity contribution in [1.29, 1.82) is 0 Å². The normalized spacial score (nSPS) is 16.5. The SMILES string of the molecule is O=C(O)c1cn(C2CCCC2)nc1[N+](=O)[O-]. The van der Waals surface area contributed by atoms with E-state index >= 15 is 0 Å². The number of nitrogens with zero attached hydrogens (tertiary/aromatic N) is 3. The summed E-state index contributed by atoms with van der Waals surface area (Å²) in [6, 6.07) is 0.104. The molecule has 0 aromatic carbocycles. The minimum absolute atomic E-state index is 0.104. The zero-order valence-electron chi connectivity index (χ0n) is 8.50. The van der Waals surface area contributed by atoms with Gasteiger partial charge < -0.3 is 15.2 Å². The zero-order chi connectivity index (χ0) is 11.7. The highest BCUT2D eigenvalue weighted by atomic mass is 16.6. The first-order chi connectivity index (χ1) is 7.59. The highest BCUT2D eigenvalue weighted by Gasteiger charge is 2.30. The Balaban J connectivity index is 2.37. The Labute approximate surface area is 90.8 Å². The average molecular weight is 225 g/mol. The molecule has 7 heteroatoms. The maximum Gasteiger partial charge on any atom is 0.404 e. The number of carboxylic acids is 1. The fourth-order valence-electron chi connectivity index (χ4n) is 2.02. The standard InChI is InChI=1S/C9H11N3O4/c13-9(14)7-5-11(6-3-1-2-4-6)10-8(7)12(15)16/h5-6H,1-4H2,(H,13,14). The van der Waals surface area contributed by atoms with E-state index in [1.165, 1.54) is 10.9 Å². The van der Waals surface area contributed by atoms with Crippen molar-refractivity contribution in [3.05, 3.63) is 21.9 Å². The molecule has 1 aromatic heterocycles. The van der Waals surface area contributed by atoms with E-state index in [4.69, 9.17) is 5.11 Å². The van der Waals surface area contributed by atoms with Gasteiger partial charge in [-0.05, 0) is 17.8 Å². The molecule has 2 rings (SSSR count). The van der Waals surface area contributed by atoms with Gasteiger partial charge in [-0.1, -0.05) is 12.8 Å². The molecule has 1 aliphatic rings. The Bertz CT molecular complexity index is 402. The molecular weight excluding hydrogens is 214 g/mol. The molecule has 1 fully saturated rings. The smallest absolute Gasteiger partial charge is 0.404 e. The van der Waals surface area contributed by atoms with Crippen molar-refractivity contribution in [2.24, 2.45) is 0 Å². The third-order valence-electron chi connectivity index (χ3n) is 2.81. The summed E-state index contributed by atoms with van der Waals surface area (Å²) in [5.41, 5.74) is -0.336. The predicted molar refractivity (Wildman–Crippen MR) is 53.3 cm³/mol. The van der Waals surface area contributed by atoms with E-state index < -0.39 is 16.7 Å². The largest absolute Gasteiger partial charge is 0.477 e. The average Bonchev–Trinajstić information content (AvgIpc) is 2.86. The number of aromatic carboxylic acids is 1. The zero-order valence-corrected chi connectivity index (χ0v) is 8.50. The number of aromatic nitrogens is 2. The van der Waals surface area contributed by atoms with Gasteiger partial charge in [-0.15, -0.1) is 0 Å². The molecule has 16 heavy (non-hydrogen) atoms. The monoisotopic (exact) mass is 225 g/mol. The van der Waals surface area contributed by atoms with Gasteiger partial charge in [0.1, 0.15) is 0 Å². The Morgan fingerprint density at radius 1 is 1.56 bits per heavy atom. The third-order valence-corrected chi connectivity index (χ3v) is 2.81. The van der Waals surface area contributed by atoms with Gasteiger partial charge in [0.25, 0.3) is 0 Å². The van der Waals surface area contributed by atoms with Crippen LogP contribution in [0, 0.1) is 10.1 Å². The van der Waals surface area contributed by atoms with E-state index in [9.17, 15) is 14.9 Å². The molecule has 0 unspecified atom stereocenters. The second-order valence-corrected chi connectivity index (χ2v) is 3.85. The second kappa shape index (κ2) is 3.92. The summed E-state index contributed by atoms with van der Waals surface area (Å²) < 4.78 is 1.43. The molecular formula is C9H11N3O4. The molecule has 0 aliphatic heterocycles. The molecule has 0 radical (unpaired) electrons. The van der Waals surface area contributed by atoms with E-state index in [1.54, 1.807) is 0 Å². The fraction of sp³-hybridized carbons (Fsp3) is 0.556. The predicted octanol–water partition coefficient (Wildman–Crippen LogP) is 1.60. The topological polar surface area (TPSA) is 98.3 Å². The van der Waals surface area contributed by atoms with E-state index in [2.05, 4.69) is 5.10 Å².